The fourth-order valence-electron chi connectivity index (χ4n) is 4.00. The standard InChI is InChI=1S/C19H28Si/c1-13(2)17-9-8-10-18(17)20(6,7)19-15(4)11-14(3)12-16(19)5/h8-9,11-13H,10H2,1-7H3. The summed E-state index contributed by atoms with van der Waals surface area (Å²) in [4.78, 5) is 0. The highest BCUT2D eigenvalue weighted by Gasteiger charge is 2.34. The van der Waals surface area contributed by atoms with Gasteiger partial charge in [-0.2, -0.15) is 0 Å². The van der Waals surface area contributed by atoms with Crippen molar-refractivity contribution in [3.63, 3.8) is 0 Å². The summed E-state index contributed by atoms with van der Waals surface area (Å²) in [5.41, 5.74) is 5.96. The van der Waals surface area contributed by atoms with Gasteiger partial charge in [0.05, 0.1) is 0 Å². The largest absolute Gasteiger partial charge is 0.109 e. The number of hydrogen-bond donors (Lipinski definition) is 0. The van der Waals surface area contributed by atoms with Crippen LogP contribution in [0, 0.1) is 26.7 Å². The van der Waals surface area contributed by atoms with E-state index in [2.05, 4.69) is 72.0 Å². The van der Waals surface area contributed by atoms with E-state index in [9.17, 15) is 0 Å². The van der Waals surface area contributed by atoms with Crippen LogP contribution in [0.3, 0.4) is 0 Å². The maximum absolute atomic E-state index is 2.53. The highest BCUT2D eigenvalue weighted by Crippen LogP contribution is 2.33. The zero-order valence-corrected chi connectivity index (χ0v) is 15.1. The highest BCUT2D eigenvalue weighted by molar-refractivity contribution is 6.96. The zero-order chi connectivity index (χ0) is 15.1. The first-order valence-electron chi connectivity index (χ1n) is 7.73. The van der Waals surface area contributed by atoms with E-state index in [4.69, 9.17) is 0 Å². The van der Waals surface area contributed by atoms with E-state index in [1.165, 1.54) is 23.1 Å². The number of benzene rings is 1. The third-order valence-corrected chi connectivity index (χ3v) is 8.69. The quantitative estimate of drug-likeness (QED) is 0.687. The smallest absolute Gasteiger partial charge is 0.0806 e. The molecule has 0 spiro atoms. The third kappa shape index (κ3) is 2.56. The highest BCUT2D eigenvalue weighted by atomic mass is 28.3. The summed E-state index contributed by atoms with van der Waals surface area (Å²) in [5.74, 6) is 0.640. The second-order valence-electron chi connectivity index (χ2n) is 7.09. The lowest BCUT2D eigenvalue weighted by Crippen LogP contribution is -2.47. The van der Waals surface area contributed by atoms with Crippen molar-refractivity contribution >= 4 is 13.3 Å². The molecule has 0 nitrogen and oxygen atoms in total. The summed E-state index contributed by atoms with van der Waals surface area (Å²) < 4.78 is 0. The second kappa shape index (κ2) is 5.36. The van der Waals surface area contributed by atoms with Crippen molar-refractivity contribution in [1.29, 1.82) is 0 Å². The van der Waals surface area contributed by atoms with E-state index in [1.54, 1.807) is 16.0 Å². The summed E-state index contributed by atoms with van der Waals surface area (Å²) in [6.45, 7) is 16.5. The molecule has 20 heavy (non-hydrogen) atoms. The molecule has 0 saturated heterocycles. The number of rotatable bonds is 3. The van der Waals surface area contributed by atoms with Crippen LogP contribution in [0.1, 0.15) is 37.0 Å². The van der Waals surface area contributed by atoms with Gasteiger partial charge in [0.15, 0.2) is 0 Å². The average Bonchev–Trinajstić information content (AvgIpc) is 2.75. The molecule has 1 heteroatoms. The van der Waals surface area contributed by atoms with Gasteiger partial charge < -0.3 is 0 Å². The van der Waals surface area contributed by atoms with Crippen LogP contribution in [-0.4, -0.2) is 8.07 Å². The topological polar surface area (TPSA) is 0 Å². The summed E-state index contributed by atoms with van der Waals surface area (Å²) in [6, 6.07) is 4.71. The van der Waals surface area contributed by atoms with Crippen molar-refractivity contribution < 1.29 is 0 Å². The van der Waals surface area contributed by atoms with Gasteiger partial charge in [0.25, 0.3) is 0 Å². The molecule has 1 aromatic carbocycles. The SMILES string of the molecule is Cc1cc(C)c([Si](C)(C)C2=C(C(C)C)C=CC2)c(C)c1. The Morgan fingerprint density at radius 1 is 1.00 bits per heavy atom. The molecule has 0 saturated carbocycles. The van der Waals surface area contributed by atoms with Gasteiger partial charge in [0, 0.05) is 0 Å². The lowest BCUT2D eigenvalue weighted by molar-refractivity contribution is 0.789. The maximum atomic E-state index is 2.53. The molecular formula is C19H28Si. The van der Waals surface area contributed by atoms with Crippen molar-refractivity contribution in [3.05, 3.63) is 51.7 Å². The Labute approximate surface area is 125 Å². The fourth-order valence-corrected chi connectivity index (χ4v) is 8.14. The molecule has 0 radical (unpaired) electrons. The van der Waals surface area contributed by atoms with Crippen molar-refractivity contribution in [3.8, 4) is 0 Å². The zero-order valence-electron chi connectivity index (χ0n) is 14.1. The summed E-state index contributed by atoms with van der Waals surface area (Å²) >= 11 is 0. The van der Waals surface area contributed by atoms with Crippen molar-refractivity contribution in [2.24, 2.45) is 5.92 Å². The molecule has 0 heterocycles. The fraction of sp³-hybridized carbons (Fsp3) is 0.474. The first-order chi connectivity index (χ1) is 9.25. The van der Waals surface area contributed by atoms with Gasteiger partial charge in [-0.1, -0.05) is 73.1 Å². The molecule has 1 aromatic rings. The van der Waals surface area contributed by atoms with Crippen molar-refractivity contribution in [1.82, 2.24) is 0 Å². The number of allylic oxidation sites excluding steroid dienone is 4. The molecule has 1 aliphatic rings. The predicted octanol–water partition coefficient (Wildman–Crippen LogP) is 4.98. The molecule has 2 rings (SSSR count). The van der Waals surface area contributed by atoms with Crippen LogP contribution in [0.25, 0.3) is 0 Å². The summed E-state index contributed by atoms with van der Waals surface area (Å²) in [5, 5.41) is 3.39. The van der Waals surface area contributed by atoms with Gasteiger partial charge in [-0.15, -0.1) is 0 Å². The molecule has 0 fully saturated rings. The average molecular weight is 285 g/mol. The van der Waals surface area contributed by atoms with E-state index in [0.29, 0.717) is 5.92 Å². The van der Waals surface area contributed by atoms with Crippen LogP contribution >= 0.6 is 0 Å². The first kappa shape index (κ1) is 15.3. The number of aryl methyl sites for hydroxylation is 3. The Kier molecular flexibility index (Phi) is 4.11. The molecule has 108 valence electrons. The minimum atomic E-state index is -1.57. The summed E-state index contributed by atoms with van der Waals surface area (Å²) in [7, 11) is -1.57. The van der Waals surface area contributed by atoms with Crippen molar-refractivity contribution in [2.75, 3.05) is 0 Å². The molecule has 0 amide bonds. The molecule has 0 aromatic heterocycles. The molecular weight excluding hydrogens is 256 g/mol. The minimum absolute atomic E-state index is 0.640. The number of hydrogen-bond acceptors (Lipinski definition) is 0. The van der Waals surface area contributed by atoms with Gasteiger partial charge in [-0.05, 0) is 43.9 Å². The van der Waals surface area contributed by atoms with E-state index in [0.717, 1.165) is 0 Å². The lowest BCUT2D eigenvalue weighted by Gasteiger charge is -2.31. The monoisotopic (exact) mass is 284 g/mol. The normalized spacial score (nSPS) is 15.6. The van der Waals surface area contributed by atoms with Crippen molar-refractivity contribution in [2.45, 2.75) is 54.1 Å². The second-order valence-corrected chi connectivity index (χ2v) is 11.4. The molecule has 0 bridgehead atoms. The van der Waals surface area contributed by atoms with Crippen LogP contribution in [0.5, 0.6) is 0 Å². The molecule has 0 N–H and O–H groups in total. The van der Waals surface area contributed by atoms with E-state index in [-0.39, 0.29) is 0 Å². The van der Waals surface area contributed by atoms with Gasteiger partial charge in [-0.3, -0.25) is 0 Å². The Hall–Kier alpha value is -1.08. The Morgan fingerprint density at radius 3 is 2.05 bits per heavy atom. The molecule has 0 atom stereocenters. The van der Waals surface area contributed by atoms with Crippen LogP contribution in [0.15, 0.2) is 35.1 Å². The Bertz CT molecular complexity index is 563. The molecule has 0 aliphatic heterocycles. The first-order valence-corrected chi connectivity index (χ1v) is 10.7. The minimum Gasteiger partial charge on any atom is -0.0806 e. The van der Waals surface area contributed by atoms with Gasteiger partial charge >= 0.3 is 0 Å². The van der Waals surface area contributed by atoms with Crippen LogP contribution in [0.2, 0.25) is 13.1 Å². The van der Waals surface area contributed by atoms with Crippen LogP contribution < -0.4 is 5.19 Å². The lowest BCUT2D eigenvalue weighted by atomic mass is 10.1. The van der Waals surface area contributed by atoms with Gasteiger partial charge in [-0.25, -0.2) is 0 Å². The van der Waals surface area contributed by atoms with E-state index < -0.39 is 8.07 Å². The van der Waals surface area contributed by atoms with E-state index in [1.807, 2.05) is 0 Å². The van der Waals surface area contributed by atoms with Gasteiger partial charge in [0.1, 0.15) is 8.07 Å². The van der Waals surface area contributed by atoms with E-state index >= 15 is 0 Å². The van der Waals surface area contributed by atoms with Crippen LogP contribution in [-0.2, 0) is 0 Å². The third-order valence-electron chi connectivity index (χ3n) is 4.65. The summed E-state index contributed by atoms with van der Waals surface area (Å²) in [6.07, 6.45) is 5.89. The maximum Gasteiger partial charge on any atom is 0.109 e. The van der Waals surface area contributed by atoms with Crippen LogP contribution in [0.4, 0.5) is 0 Å². The molecule has 1 aliphatic carbocycles. The Balaban J connectivity index is 2.60. The van der Waals surface area contributed by atoms with Gasteiger partial charge in [0.2, 0.25) is 0 Å². The molecule has 0 unspecified atom stereocenters. The Morgan fingerprint density at radius 2 is 1.55 bits per heavy atom. The predicted molar refractivity (Wildman–Crippen MR) is 93.4 cm³/mol.